The molecule has 240 valence electrons. The fourth-order valence-electron chi connectivity index (χ4n) is 6.69. The molecular formula is C36H40N4O6. The lowest BCUT2D eigenvalue weighted by atomic mass is 9.85. The van der Waals surface area contributed by atoms with Crippen LogP contribution in [0.1, 0.15) is 107 Å². The predicted molar refractivity (Wildman–Crippen MR) is 178 cm³/mol. The van der Waals surface area contributed by atoms with Gasteiger partial charge in [-0.15, -0.1) is 0 Å². The number of aromatic carboxylic acids is 1. The molecule has 0 saturated heterocycles. The van der Waals surface area contributed by atoms with E-state index in [2.05, 4.69) is 23.5 Å². The van der Waals surface area contributed by atoms with Crippen LogP contribution in [0.4, 0.5) is 0 Å². The first kappa shape index (κ1) is 32.4. The van der Waals surface area contributed by atoms with Crippen LogP contribution in [0.2, 0.25) is 0 Å². The minimum atomic E-state index is -1.14. The molecule has 2 aliphatic rings. The number of allylic oxidation sites excluding steroid dienone is 2. The number of hydrogen-bond donors (Lipinski definition) is 3. The van der Waals surface area contributed by atoms with Crippen molar-refractivity contribution in [2.45, 2.75) is 72.1 Å². The van der Waals surface area contributed by atoms with Gasteiger partial charge in [0.2, 0.25) is 0 Å². The highest BCUT2D eigenvalue weighted by atomic mass is 16.5. The standard InChI is InChI=1S/C36H40N4O6/c1-9-21-17(3)25-14-27-19(5)23(11-12-31(41)45-7)34(39-27)24(13-32(42)46-8)35-33(36(43)44)20(6)28(40-35)16-30-22(10-2)18(4)26(38-30)15-29(21)37-25/h9,14-16,19,23,37,40H,1,10-13H2,2-8H3,(H,43,44)/t19-,23-/m0/s1. The zero-order chi connectivity index (χ0) is 33.4. The Labute approximate surface area is 267 Å². The molecule has 0 saturated carbocycles. The molecule has 0 aliphatic carbocycles. The van der Waals surface area contributed by atoms with Crippen LogP contribution >= 0.6 is 0 Å². The van der Waals surface area contributed by atoms with Crippen LogP contribution in [0.15, 0.2) is 24.8 Å². The Morgan fingerprint density at radius 3 is 2.26 bits per heavy atom. The number of nitrogens with one attached hydrogen (secondary N) is 2. The van der Waals surface area contributed by atoms with Gasteiger partial charge in [-0.2, -0.15) is 0 Å². The first-order valence-electron chi connectivity index (χ1n) is 15.4. The summed E-state index contributed by atoms with van der Waals surface area (Å²) in [5.74, 6) is -2.53. The lowest BCUT2D eigenvalue weighted by Crippen LogP contribution is -2.13. The molecule has 0 aromatic carbocycles. The van der Waals surface area contributed by atoms with Crippen molar-refractivity contribution in [2.75, 3.05) is 14.2 Å². The van der Waals surface area contributed by atoms with Gasteiger partial charge in [0.05, 0.1) is 48.8 Å². The number of hydrogen-bond acceptors (Lipinski definition) is 7. The molecule has 0 spiro atoms. The predicted octanol–water partition coefficient (Wildman–Crippen LogP) is 7.17. The van der Waals surface area contributed by atoms with Crippen molar-refractivity contribution >= 4 is 57.2 Å². The van der Waals surface area contributed by atoms with E-state index in [4.69, 9.17) is 19.4 Å². The highest BCUT2D eigenvalue weighted by molar-refractivity contribution is 6.03. The molecule has 0 amide bonds. The third kappa shape index (κ3) is 5.63. The Kier molecular flexibility index (Phi) is 9.01. The van der Waals surface area contributed by atoms with Gasteiger partial charge < -0.3 is 24.5 Å². The van der Waals surface area contributed by atoms with Crippen LogP contribution in [-0.2, 0) is 25.5 Å². The molecule has 5 heterocycles. The van der Waals surface area contributed by atoms with Gasteiger partial charge in [0, 0.05) is 51.6 Å². The lowest BCUT2D eigenvalue weighted by molar-refractivity contribution is -0.141. The highest BCUT2D eigenvalue weighted by Crippen LogP contribution is 2.43. The molecule has 3 N–H and O–H groups in total. The molecule has 0 radical (unpaired) electrons. The smallest absolute Gasteiger partial charge is 0.338 e. The number of nitrogens with zero attached hydrogens (tertiary/aromatic N) is 2. The molecule has 3 aromatic rings. The van der Waals surface area contributed by atoms with Gasteiger partial charge in [-0.05, 0) is 74.1 Å². The van der Waals surface area contributed by atoms with Gasteiger partial charge in [-0.25, -0.2) is 9.78 Å². The SMILES string of the molecule is C=Cc1c(C)c2cc3nc(c(CC(=O)OC)c4[nH]c(cc5nc(cc1[nH]2)C(C)=C5CC)c(C)c4C(=O)O)[C@@H](CCC(=O)OC)[C@@H]3C. The Balaban J connectivity index is 2.02. The van der Waals surface area contributed by atoms with E-state index in [1.807, 2.05) is 45.0 Å². The normalized spacial score (nSPS) is 16.0. The van der Waals surface area contributed by atoms with E-state index in [9.17, 15) is 19.5 Å². The molecule has 2 aliphatic heterocycles. The van der Waals surface area contributed by atoms with Crippen molar-refractivity contribution in [3.8, 4) is 0 Å². The summed E-state index contributed by atoms with van der Waals surface area (Å²) in [6.45, 7) is 14.0. The second-order valence-corrected chi connectivity index (χ2v) is 11.8. The fourth-order valence-corrected chi connectivity index (χ4v) is 6.69. The second-order valence-electron chi connectivity index (χ2n) is 11.8. The van der Waals surface area contributed by atoms with E-state index in [-0.39, 0.29) is 41.7 Å². The van der Waals surface area contributed by atoms with Crippen molar-refractivity contribution in [1.82, 2.24) is 19.9 Å². The average Bonchev–Trinajstić information content (AvgIpc) is 3.71. The number of ether oxygens (including phenoxy) is 2. The third-order valence-electron chi connectivity index (χ3n) is 9.39. The molecule has 5 rings (SSSR count). The number of aryl methyl sites for hydroxylation is 2. The Morgan fingerprint density at radius 2 is 1.63 bits per heavy atom. The van der Waals surface area contributed by atoms with E-state index < -0.39 is 11.9 Å². The van der Waals surface area contributed by atoms with Gasteiger partial charge >= 0.3 is 17.9 Å². The summed E-state index contributed by atoms with van der Waals surface area (Å²) < 4.78 is 10.0. The van der Waals surface area contributed by atoms with Gasteiger partial charge in [-0.1, -0.05) is 26.5 Å². The van der Waals surface area contributed by atoms with Crippen molar-refractivity contribution in [3.63, 3.8) is 0 Å². The van der Waals surface area contributed by atoms with Gasteiger partial charge in [-0.3, -0.25) is 14.6 Å². The van der Waals surface area contributed by atoms with Crippen molar-refractivity contribution in [2.24, 2.45) is 0 Å². The number of methoxy groups -OCH3 is 2. The number of esters is 2. The lowest BCUT2D eigenvalue weighted by Gasteiger charge is -2.17. The summed E-state index contributed by atoms with van der Waals surface area (Å²) in [5, 5.41) is 10.5. The molecule has 10 nitrogen and oxygen atoms in total. The molecule has 0 unspecified atom stereocenters. The van der Waals surface area contributed by atoms with E-state index in [1.165, 1.54) is 14.2 Å². The number of carbonyl (C=O) groups is 3. The number of fused-ring (bicyclic) bond motifs is 8. The molecule has 46 heavy (non-hydrogen) atoms. The van der Waals surface area contributed by atoms with Crippen molar-refractivity contribution in [3.05, 3.63) is 75.4 Å². The van der Waals surface area contributed by atoms with E-state index in [0.717, 1.165) is 56.8 Å². The minimum absolute atomic E-state index is 0.0436. The molecule has 8 bridgehead atoms. The monoisotopic (exact) mass is 624 g/mol. The molecule has 3 aromatic heterocycles. The van der Waals surface area contributed by atoms with E-state index in [1.54, 1.807) is 6.92 Å². The van der Waals surface area contributed by atoms with Gasteiger partial charge in [0.1, 0.15) is 0 Å². The number of carboxylic acids is 1. The quantitative estimate of drug-likeness (QED) is 0.224. The van der Waals surface area contributed by atoms with Gasteiger partial charge in [0.15, 0.2) is 0 Å². The van der Waals surface area contributed by atoms with Crippen LogP contribution in [0.25, 0.3) is 39.3 Å². The van der Waals surface area contributed by atoms with Crippen LogP contribution in [0.3, 0.4) is 0 Å². The van der Waals surface area contributed by atoms with Crippen LogP contribution in [-0.4, -0.2) is 57.2 Å². The molecule has 0 fully saturated rings. The summed E-state index contributed by atoms with van der Waals surface area (Å²) in [5.41, 5.74) is 10.4. The maximum Gasteiger partial charge on any atom is 0.338 e. The number of aromatic amines is 2. The summed E-state index contributed by atoms with van der Waals surface area (Å²) in [6, 6.07) is 5.87. The fraction of sp³-hybridized carbons (Fsp3) is 0.361. The van der Waals surface area contributed by atoms with Gasteiger partial charge in [0.25, 0.3) is 0 Å². The molecule has 2 atom stereocenters. The maximum absolute atomic E-state index is 12.9. The number of carbonyl (C=O) groups excluding carboxylic acids is 2. The van der Waals surface area contributed by atoms with E-state index in [0.29, 0.717) is 28.8 Å². The molecular weight excluding hydrogens is 584 g/mol. The summed E-state index contributed by atoms with van der Waals surface area (Å²) in [6.07, 6.45) is 2.84. The Hall–Kier alpha value is -4.99. The first-order chi connectivity index (χ1) is 21.9. The number of H-pyrrole nitrogens is 2. The Bertz CT molecular complexity index is 1980. The van der Waals surface area contributed by atoms with Crippen molar-refractivity contribution < 1.29 is 29.0 Å². The van der Waals surface area contributed by atoms with Crippen LogP contribution in [0, 0.1) is 13.8 Å². The number of carboxylic acid groups (broad SMARTS) is 1. The largest absolute Gasteiger partial charge is 0.478 e. The zero-order valence-electron chi connectivity index (χ0n) is 27.4. The number of rotatable bonds is 8. The summed E-state index contributed by atoms with van der Waals surface area (Å²) in [7, 11) is 2.64. The average molecular weight is 625 g/mol. The second kappa shape index (κ2) is 12.8. The Morgan fingerprint density at radius 1 is 0.957 bits per heavy atom. The summed E-state index contributed by atoms with van der Waals surface area (Å²) >= 11 is 0. The highest BCUT2D eigenvalue weighted by Gasteiger charge is 2.34. The maximum atomic E-state index is 12.9. The van der Waals surface area contributed by atoms with Crippen LogP contribution < -0.4 is 0 Å². The third-order valence-corrected chi connectivity index (χ3v) is 9.39. The van der Waals surface area contributed by atoms with E-state index >= 15 is 0 Å². The van der Waals surface area contributed by atoms with Crippen LogP contribution in [0.5, 0.6) is 0 Å². The summed E-state index contributed by atoms with van der Waals surface area (Å²) in [4.78, 5) is 55.0. The zero-order valence-corrected chi connectivity index (χ0v) is 27.4. The minimum Gasteiger partial charge on any atom is -0.478 e. The van der Waals surface area contributed by atoms with Crippen molar-refractivity contribution in [1.29, 1.82) is 0 Å². The number of aromatic nitrogens is 4. The first-order valence-corrected chi connectivity index (χ1v) is 15.4. The topological polar surface area (TPSA) is 147 Å². The molecule has 10 heteroatoms.